The number of likely N-dealkylation sites (N-methyl/N-ethyl adjacent to an activating group) is 1. The lowest BCUT2D eigenvalue weighted by molar-refractivity contribution is -0.132. The molecular formula is C13H26N4O. The van der Waals surface area contributed by atoms with E-state index in [1.807, 2.05) is 0 Å². The Morgan fingerprint density at radius 2 is 1.94 bits per heavy atom. The molecule has 2 heterocycles. The van der Waals surface area contributed by atoms with Crippen molar-refractivity contribution in [2.24, 2.45) is 5.41 Å². The molecule has 2 rings (SSSR count). The van der Waals surface area contributed by atoms with E-state index in [1.165, 1.54) is 0 Å². The normalized spacial score (nSPS) is 30.1. The van der Waals surface area contributed by atoms with Gasteiger partial charge in [-0.05, 0) is 31.8 Å². The summed E-state index contributed by atoms with van der Waals surface area (Å²) in [5.74, 6) is 0.129. The Bertz CT molecular complexity index is 297. The number of carbonyl (C=O) groups excluding carboxylic acids is 1. The van der Waals surface area contributed by atoms with Gasteiger partial charge in [0.2, 0.25) is 0 Å². The van der Waals surface area contributed by atoms with Gasteiger partial charge in [0, 0.05) is 26.2 Å². The molecule has 5 nitrogen and oxygen atoms in total. The Morgan fingerprint density at radius 3 is 2.56 bits per heavy atom. The molecule has 1 unspecified atom stereocenters. The summed E-state index contributed by atoms with van der Waals surface area (Å²) in [4.78, 5) is 14.6. The maximum absolute atomic E-state index is 12.3. The Hall–Kier alpha value is -0.650. The van der Waals surface area contributed by atoms with Gasteiger partial charge in [-0.3, -0.25) is 10.2 Å². The van der Waals surface area contributed by atoms with E-state index < -0.39 is 0 Å². The number of rotatable bonds is 2. The molecule has 18 heavy (non-hydrogen) atoms. The molecule has 0 bridgehead atoms. The van der Waals surface area contributed by atoms with Crippen LogP contribution in [0, 0.1) is 5.41 Å². The molecule has 0 radical (unpaired) electrons. The fraction of sp³-hybridized carbons (Fsp3) is 0.923. The van der Waals surface area contributed by atoms with Gasteiger partial charge in [0.1, 0.15) is 0 Å². The van der Waals surface area contributed by atoms with E-state index in [-0.39, 0.29) is 17.4 Å². The summed E-state index contributed by atoms with van der Waals surface area (Å²) >= 11 is 0. The van der Waals surface area contributed by atoms with Crippen LogP contribution in [0.4, 0.5) is 0 Å². The first-order valence-corrected chi connectivity index (χ1v) is 6.96. The van der Waals surface area contributed by atoms with Gasteiger partial charge in [-0.25, -0.2) is 5.01 Å². The van der Waals surface area contributed by atoms with Crippen molar-refractivity contribution in [2.45, 2.75) is 32.7 Å². The highest BCUT2D eigenvalue weighted by atomic mass is 16.2. The van der Waals surface area contributed by atoms with Gasteiger partial charge in [0.05, 0.1) is 6.04 Å². The third-order valence-electron chi connectivity index (χ3n) is 4.16. The molecule has 2 fully saturated rings. The highest BCUT2D eigenvalue weighted by molar-refractivity contribution is 5.82. The molecule has 2 saturated heterocycles. The third-order valence-corrected chi connectivity index (χ3v) is 4.16. The van der Waals surface area contributed by atoms with Crippen molar-refractivity contribution in [1.29, 1.82) is 0 Å². The van der Waals surface area contributed by atoms with Crippen LogP contribution in [-0.4, -0.2) is 61.6 Å². The fourth-order valence-corrected chi connectivity index (χ4v) is 2.80. The van der Waals surface area contributed by atoms with Gasteiger partial charge < -0.3 is 10.2 Å². The fourth-order valence-electron chi connectivity index (χ4n) is 2.80. The second-order valence-electron chi connectivity index (χ2n) is 6.25. The highest BCUT2D eigenvalue weighted by Gasteiger charge is 2.37. The molecule has 1 atom stereocenters. The zero-order valence-corrected chi connectivity index (χ0v) is 11.8. The van der Waals surface area contributed by atoms with Gasteiger partial charge in [0.25, 0.3) is 5.91 Å². The number of hydrazine groups is 1. The maximum atomic E-state index is 12.3. The Labute approximate surface area is 110 Å². The summed E-state index contributed by atoms with van der Waals surface area (Å²) in [6.45, 7) is 9.15. The molecule has 2 aliphatic heterocycles. The van der Waals surface area contributed by atoms with Crippen LogP contribution in [0.3, 0.4) is 0 Å². The van der Waals surface area contributed by atoms with Crippen molar-refractivity contribution in [1.82, 2.24) is 20.7 Å². The Balaban J connectivity index is 1.87. The molecule has 2 N–H and O–H groups in total. The van der Waals surface area contributed by atoms with Crippen LogP contribution in [-0.2, 0) is 4.79 Å². The molecule has 1 amide bonds. The minimum absolute atomic E-state index is 0.0505. The molecule has 0 aromatic rings. The molecule has 5 heteroatoms. The lowest BCUT2D eigenvalue weighted by Crippen LogP contribution is -2.61. The van der Waals surface area contributed by atoms with Crippen molar-refractivity contribution in [2.75, 3.05) is 39.8 Å². The zero-order valence-electron chi connectivity index (χ0n) is 11.8. The second-order valence-corrected chi connectivity index (χ2v) is 6.25. The van der Waals surface area contributed by atoms with Crippen molar-refractivity contribution < 1.29 is 4.79 Å². The Kier molecular flexibility index (Phi) is 4.25. The second kappa shape index (κ2) is 5.55. The van der Waals surface area contributed by atoms with Gasteiger partial charge in [-0.2, -0.15) is 0 Å². The first kappa shape index (κ1) is 13.8. The lowest BCUT2D eigenvalue weighted by Gasteiger charge is -2.40. The van der Waals surface area contributed by atoms with Crippen LogP contribution in [0.2, 0.25) is 0 Å². The number of hydrogen-bond acceptors (Lipinski definition) is 4. The number of hydrogen-bond donors (Lipinski definition) is 2. The van der Waals surface area contributed by atoms with Crippen LogP contribution in [0.25, 0.3) is 0 Å². The van der Waals surface area contributed by atoms with Crippen LogP contribution in [0.15, 0.2) is 0 Å². The van der Waals surface area contributed by atoms with Crippen molar-refractivity contribution in [3.8, 4) is 0 Å². The predicted octanol–water partition coefficient (Wildman–Crippen LogP) is 0.0432. The molecule has 0 aromatic heterocycles. The van der Waals surface area contributed by atoms with Gasteiger partial charge in [-0.1, -0.05) is 13.8 Å². The van der Waals surface area contributed by atoms with Crippen LogP contribution in [0.5, 0.6) is 0 Å². The number of piperidine rings is 1. The van der Waals surface area contributed by atoms with E-state index in [2.05, 4.69) is 41.5 Å². The van der Waals surface area contributed by atoms with Crippen LogP contribution >= 0.6 is 0 Å². The first-order valence-electron chi connectivity index (χ1n) is 6.96. The molecule has 0 aromatic carbocycles. The predicted molar refractivity (Wildman–Crippen MR) is 72.0 cm³/mol. The smallest absolute Gasteiger partial charge is 0.251 e. The minimum Gasteiger partial charge on any atom is -0.305 e. The van der Waals surface area contributed by atoms with Crippen LogP contribution in [0.1, 0.15) is 26.7 Å². The molecule has 0 saturated carbocycles. The quantitative estimate of drug-likeness (QED) is 0.731. The standard InChI is InChI=1S/C13H26N4O/c1-13(2)5-4-6-14-11(13)12(18)15-17-9-7-16(3)8-10-17/h11,14H,4-10H2,1-3H3,(H,15,18). The third kappa shape index (κ3) is 3.22. The van der Waals surface area contributed by atoms with E-state index in [9.17, 15) is 4.79 Å². The minimum atomic E-state index is -0.0640. The monoisotopic (exact) mass is 254 g/mol. The maximum Gasteiger partial charge on any atom is 0.251 e. The summed E-state index contributed by atoms with van der Waals surface area (Å²) in [7, 11) is 2.12. The van der Waals surface area contributed by atoms with Gasteiger partial charge in [-0.15, -0.1) is 0 Å². The number of nitrogens with zero attached hydrogens (tertiary/aromatic N) is 2. The first-order chi connectivity index (χ1) is 8.49. The lowest BCUT2D eigenvalue weighted by atomic mass is 9.77. The molecule has 2 aliphatic rings. The number of piperazine rings is 1. The summed E-state index contributed by atoms with van der Waals surface area (Å²) in [6, 6.07) is -0.0640. The van der Waals surface area contributed by atoms with E-state index >= 15 is 0 Å². The number of nitrogens with one attached hydrogen (secondary N) is 2. The largest absolute Gasteiger partial charge is 0.305 e. The van der Waals surface area contributed by atoms with Crippen molar-refractivity contribution in [3.63, 3.8) is 0 Å². The SMILES string of the molecule is CN1CCN(NC(=O)C2NCCCC2(C)C)CC1. The average molecular weight is 254 g/mol. The molecule has 104 valence electrons. The number of amides is 1. The Morgan fingerprint density at radius 1 is 1.28 bits per heavy atom. The van der Waals surface area contributed by atoms with Gasteiger partial charge in [0.15, 0.2) is 0 Å². The van der Waals surface area contributed by atoms with Crippen molar-refractivity contribution >= 4 is 5.91 Å². The molecule has 0 spiro atoms. The summed E-state index contributed by atoms with van der Waals surface area (Å²) in [6.07, 6.45) is 2.27. The van der Waals surface area contributed by atoms with E-state index in [1.54, 1.807) is 0 Å². The summed E-state index contributed by atoms with van der Waals surface area (Å²) in [5.41, 5.74) is 3.12. The number of carbonyl (C=O) groups is 1. The summed E-state index contributed by atoms with van der Waals surface area (Å²) < 4.78 is 0. The van der Waals surface area contributed by atoms with E-state index in [4.69, 9.17) is 0 Å². The summed E-state index contributed by atoms with van der Waals surface area (Å²) in [5, 5.41) is 5.41. The molecular weight excluding hydrogens is 228 g/mol. The van der Waals surface area contributed by atoms with Crippen molar-refractivity contribution in [3.05, 3.63) is 0 Å². The molecule has 0 aliphatic carbocycles. The highest BCUT2D eigenvalue weighted by Crippen LogP contribution is 2.30. The van der Waals surface area contributed by atoms with Gasteiger partial charge >= 0.3 is 0 Å². The zero-order chi connectivity index (χ0) is 13.2. The van der Waals surface area contributed by atoms with Crippen LogP contribution < -0.4 is 10.7 Å². The van der Waals surface area contributed by atoms with E-state index in [0.29, 0.717) is 0 Å². The average Bonchev–Trinajstić information content (AvgIpc) is 2.31. The topological polar surface area (TPSA) is 47.6 Å². The van der Waals surface area contributed by atoms with E-state index in [0.717, 1.165) is 45.6 Å².